The maximum absolute atomic E-state index is 11.8. The lowest BCUT2D eigenvalue weighted by Gasteiger charge is -2.22. The minimum absolute atomic E-state index is 0.909. The molecule has 0 aliphatic rings. The molecule has 0 rings (SSSR count). The third-order valence-electron chi connectivity index (χ3n) is 1.14. The van der Waals surface area contributed by atoms with Crippen LogP contribution >= 0.6 is 0 Å². The Morgan fingerprint density at radius 1 is 1.54 bits per heavy atom. The molecule has 1 atom stereocenters. The van der Waals surface area contributed by atoms with E-state index >= 15 is 0 Å². The summed E-state index contributed by atoms with van der Waals surface area (Å²) in [6.07, 6.45) is -5.99. The topological polar surface area (TPSA) is 50.1 Å². The molecule has 0 aromatic carbocycles. The Morgan fingerprint density at radius 3 is 2.23 bits per heavy atom. The highest BCUT2D eigenvalue weighted by Gasteiger charge is 2.42. The van der Waals surface area contributed by atoms with Crippen molar-refractivity contribution in [3.63, 3.8) is 0 Å². The Kier molecular flexibility index (Phi) is 3.29. The van der Waals surface area contributed by atoms with Gasteiger partial charge in [-0.1, -0.05) is 0 Å². The van der Waals surface area contributed by atoms with Crippen molar-refractivity contribution in [1.82, 2.24) is 0 Å². The molecule has 6 heteroatoms. The number of carbonyl (C=O) groups is 1. The lowest BCUT2D eigenvalue weighted by molar-refractivity contribution is -0.180. The van der Waals surface area contributed by atoms with Gasteiger partial charge in [0, 0.05) is 6.92 Å². The number of hydrogen-bond acceptors (Lipinski definition) is 3. The van der Waals surface area contributed by atoms with Gasteiger partial charge in [-0.05, 0) is 6.92 Å². The Bertz CT molecular complexity index is 243. The van der Waals surface area contributed by atoms with Crippen LogP contribution in [-0.2, 0) is 9.53 Å². The second kappa shape index (κ2) is 3.64. The molecule has 74 valence electrons. The third-order valence-corrected chi connectivity index (χ3v) is 1.14. The summed E-state index contributed by atoms with van der Waals surface area (Å²) in [5, 5.41) is 8.37. The first-order valence-electron chi connectivity index (χ1n) is 3.36. The van der Waals surface area contributed by atoms with E-state index in [1.54, 1.807) is 0 Å². The van der Waals surface area contributed by atoms with Crippen molar-refractivity contribution in [2.75, 3.05) is 0 Å². The molecule has 3 nitrogen and oxygen atoms in total. The van der Waals surface area contributed by atoms with E-state index in [2.05, 4.69) is 4.74 Å². The van der Waals surface area contributed by atoms with Gasteiger partial charge in [0.1, 0.15) is 6.07 Å². The van der Waals surface area contributed by atoms with E-state index in [1.165, 1.54) is 6.07 Å². The number of hydrogen-bond donors (Lipinski definition) is 0. The van der Waals surface area contributed by atoms with Gasteiger partial charge in [0.15, 0.2) is 0 Å². The van der Waals surface area contributed by atoms with Crippen molar-refractivity contribution in [3.8, 4) is 6.07 Å². The van der Waals surface area contributed by atoms with E-state index in [1.807, 2.05) is 0 Å². The zero-order valence-electron chi connectivity index (χ0n) is 7.10. The highest BCUT2D eigenvalue weighted by molar-refractivity contribution is 5.66. The summed E-state index contributed by atoms with van der Waals surface area (Å²) in [6.45, 7) is 1.87. The monoisotopic (exact) mass is 195 g/mol. The van der Waals surface area contributed by atoms with E-state index in [4.69, 9.17) is 5.26 Å². The van der Waals surface area contributed by atoms with Crippen LogP contribution in [-0.4, -0.2) is 17.7 Å². The molecule has 0 saturated carbocycles. The molecule has 0 heterocycles. The van der Waals surface area contributed by atoms with Gasteiger partial charge in [0.2, 0.25) is 5.60 Å². The van der Waals surface area contributed by atoms with Crippen LogP contribution < -0.4 is 0 Å². The van der Waals surface area contributed by atoms with E-state index < -0.39 is 24.2 Å². The normalized spacial score (nSPS) is 15.7. The van der Waals surface area contributed by atoms with Gasteiger partial charge in [-0.3, -0.25) is 4.79 Å². The van der Waals surface area contributed by atoms with Gasteiger partial charge in [0.25, 0.3) is 0 Å². The van der Waals surface area contributed by atoms with Crippen LogP contribution in [0.4, 0.5) is 13.2 Å². The fourth-order valence-corrected chi connectivity index (χ4v) is 0.798. The fourth-order valence-electron chi connectivity index (χ4n) is 0.798. The second-order valence-corrected chi connectivity index (χ2v) is 2.73. The molecule has 0 aliphatic carbocycles. The van der Waals surface area contributed by atoms with Crippen molar-refractivity contribution in [2.45, 2.75) is 32.0 Å². The van der Waals surface area contributed by atoms with Crippen LogP contribution in [0.5, 0.6) is 0 Å². The standard InChI is InChI=1S/C7H8F3NO2/c1-5(12)13-6(2,4-11)3-7(8,9)10/h3H2,1-2H3. The maximum Gasteiger partial charge on any atom is 0.393 e. The zero-order chi connectivity index (χ0) is 10.7. The summed E-state index contributed by atoms with van der Waals surface area (Å²) in [5.74, 6) is -0.909. The lowest BCUT2D eigenvalue weighted by Crippen LogP contribution is -2.34. The first-order chi connectivity index (χ1) is 5.68. The summed E-state index contributed by atoms with van der Waals surface area (Å²) < 4.78 is 39.8. The molecular weight excluding hydrogens is 187 g/mol. The van der Waals surface area contributed by atoms with Crippen LogP contribution in [0.2, 0.25) is 0 Å². The predicted octanol–water partition coefficient (Wildman–Crippen LogP) is 1.78. The lowest BCUT2D eigenvalue weighted by atomic mass is 10.0. The number of alkyl halides is 3. The van der Waals surface area contributed by atoms with Gasteiger partial charge in [-0.15, -0.1) is 0 Å². The number of halogens is 3. The zero-order valence-corrected chi connectivity index (χ0v) is 7.10. The molecule has 0 aromatic rings. The number of nitrogens with zero attached hydrogens (tertiary/aromatic N) is 1. The van der Waals surface area contributed by atoms with E-state index in [0.717, 1.165) is 13.8 Å². The van der Waals surface area contributed by atoms with Gasteiger partial charge in [0.05, 0.1) is 6.42 Å². The number of carbonyl (C=O) groups excluding carboxylic acids is 1. The first-order valence-corrected chi connectivity index (χ1v) is 3.36. The van der Waals surface area contributed by atoms with Gasteiger partial charge in [-0.25, -0.2) is 0 Å². The Hall–Kier alpha value is -1.25. The molecule has 13 heavy (non-hydrogen) atoms. The highest BCUT2D eigenvalue weighted by atomic mass is 19.4. The summed E-state index contributed by atoms with van der Waals surface area (Å²) >= 11 is 0. The van der Waals surface area contributed by atoms with E-state index in [0.29, 0.717) is 0 Å². The Morgan fingerprint density at radius 2 is 2.00 bits per heavy atom. The average molecular weight is 195 g/mol. The molecule has 0 aliphatic heterocycles. The van der Waals surface area contributed by atoms with E-state index in [-0.39, 0.29) is 0 Å². The van der Waals surface area contributed by atoms with Crippen molar-refractivity contribution >= 4 is 5.97 Å². The van der Waals surface area contributed by atoms with Crippen LogP contribution in [0.1, 0.15) is 20.3 Å². The second-order valence-electron chi connectivity index (χ2n) is 2.73. The summed E-state index contributed by atoms with van der Waals surface area (Å²) in [6, 6.07) is 1.30. The van der Waals surface area contributed by atoms with Crippen molar-refractivity contribution < 1.29 is 22.7 Å². The molecule has 0 amide bonds. The molecule has 1 unspecified atom stereocenters. The number of rotatable bonds is 2. The number of ether oxygens (including phenoxy) is 1. The molecule has 0 radical (unpaired) electrons. The molecule has 0 fully saturated rings. The molecular formula is C7H8F3NO2. The Balaban J connectivity index is 4.49. The number of esters is 1. The highest BCUT2D eigenvalue weighted by Crippen LogP contribution is 2.29. The van der Waals surface area contributed by atoms with Crippen LogP contribution in [0.3, 0.4) is 0 Å². The largest absolute Gasteiger partial charge is 0.444 e. The molecule has 0 N–H and O–H groups in total. The van der Waals surface area contributed by atoms with Crippen LogP contribution in [0, 0.1) is 11.3 Å². The fraction of sp³-hybridized carbons (Fsp3) is 0.714. The van der Waals surface area contributed by atoms with Crippen molar-refractivity contribution in [2.24, 2.45) is 0 Å². The SMILES string of the molecule is CC(=O)OC(C)(C#N)CC(F)(F)F. The Labute approximate surface area is 73.1 Å². The first kappa shape index (κ1) is 11.8. The number of nitriles is 1. The summed E-state index contributed by atoms with van der Waals surface area (Å²) in [7, 11) is 0. The molecule has 0 saturated heterocycles. The predicted molar refractivity (Wildman–Crippen MR) is 36.5 cm³/mol. The quantitative estimate of drug-likeness (QED) is 0.631. The maximum atomic E-state index is 11.8. The van der Waals surface area contributed by atoms with Crippen molar-refractivity contribution in [1.29, 1.82) is 5.26 Å². The minimum Gasteiger partial charge on any atom is -0.444 e. The summed E-state index contributed by atoms with van der Waals surface area (Å²) in [4.78, 5) is 10.4. The molecule has 0 spiro atoms. The summed E-state index contributed by atoms with van der Waals surface area (Å²) in [5.41, 5.74) is -2.12. The van der Waals surface area contributed by atoms with E-state index in [9.17, 15) is 18.0 Å². The van der Waals surface area contributed by atoms with Crippen molar-refractivity contribution in [3.05, 3.63) is 0 Å². The van der Waals surface area contributed by atoms with Crippen LogP contribution in [0.25, 0.3) is 0 Å². The molecule has 0 aromatic heterocycles. The average Bonchev–Trinajstić information content (AvgIpc) is 1.81. The van der Waals surface area contributed by atoms with Gasteiger partial charge in [-0.2, -0.15) is 18.4 Å². The van der Waals surface area contributed by atoms with Crippen LogP contribution in [0.15, 0.2) is 0 Å². The third kappa shape index (κ3) is 5.06. The van der Waals surface area contributed by atoms with Gasteiger partial charge >= 0.3 is 12.1 Å². The van der Waals surface area contributed by atoms with Gasteiger partial charge < -0.3 is 4.74 Å². The molecule has 0 bridgehead atoms. The smallest absolute Gasteiger partial charge is 0.393 e. The minimum atomic E-state index is -4.53.